The van der Waals surface area contributed by atoms with Crippen LogP contribution in [0.4, 0.5) is 0 Å². The first-order valence-electron chi connectivity index (χ1n) is 6.69. The Morgan fingerprint density at radius 2 is 2.06 bits per heavy atom. The SMILES string of the molecule is Cc1ccc(SCCN2CCCC(C)(O)C2)cc1. The van der Waals surface area contributed by atoms with Crippen LogP contribution in [0.3, 0.4) is 0 Å². The molecular formula is C15H23NOS. The van der Waals surface area contributed by atoms with Crippen molar-refractivity contribution in [2.45, 2.75) is 37.2 Å². The molecule has 1 aromatic rings. The van der Waals surface area contributed by atoms with Crippen molar-refractivity contribution in [3.8, 4) is 0 Å². The number of hydrogen-bond donors (Lipinski definition) is 1. The standard InChI is InChI=1S/C15H23NOS/c1-13-4-6-14(7-5-13)18-11-10-16-9-3-8-15(2,17)12-16/h4-7,17H,3,8-12H2,1-2H3. The average Bonchev–Trinajstić information content (AvgIpc) is 2.30. The Balaban J connectivity index is 1.73. The summed E-state index contributed by atoms with van der Waals surface area (Å²) in [5.74, 6) is 1.10. The second kappa shape index (κ2) is 6.09. The molecule has 18 heavy (non-hydrogen) atoms. The van der Waals surface area contributed by atoms with Gasteiger partial charge in [-0.15, -0.1) is 11.8 Å². The molecule has 2 nitrogen and oxygen atoms in total. The third kappa shape index (κ3) is 4.30. The number of benzene rings is 1. The van der Waals surface area contributed by atoms with Crippen LogP contribution in [0.1, 0.15) is 25.3 Å². The number of β-amino-alcohol motifs (C(OH)–C–C–N with tert-alkyl or cyclic N) is 1. The number of aryl methyl sites for hydroxylation is 1. The van der Waals surface area contributed by atoms with Gasteiger partial charge in [0.25, 0.3) is 0 Å². The van der Waals surface area contributed by atoms with Crippen LogP contribution < -0.4 is 0 Å². The molecule has 2 rings (SSSR count). The molecule has 1 aromatic carbocycles. The van der Waals surface area contributed by atoms with Gasteiger partial charge < -0.3 is 5.11 Å². The lowest BCUT2D eigenvalue weighted by Crippen LogP contribution is -2.46. The summed E-state index contributed by atoms with van der Waals surface area (Å²) in [7, 11) is 0. The van der Waals surface area contributed by atoms with Crippen LogP contribution in [0.25, 0.3) is 0 Å². The highest BCUT2D eigenvalue weighted by Crippen LogP contribution is 2.22. The lowest BCUT2D eigenvalue weighted by molar-refractivity contribution is -0.0133. The number of likely N-dealkylation sites (tertiary alicyclic amines) is 1. The zero-order valence-corrected chi connectivity index (χ0v) is 12.2. The first kappa shape index (κ1) is 13.9. The Labute approximate surface area is 114 Å². The maximum atomic E-state index is 10.0. The molecule has 1 aliphatic rings. The molecule has 1 atom stereocenters. The van der Waals surface area contributed by atoms with Crippen LogP contribution in [-0.4, -0.2) is 41.0 Å². The van der Waals surface area contributed by atoms with Gasteiger partial charge in [-0.05, 0) is 45.4 Å². The van der Waals surface area contributed by atoms with E-state index in [0.717, 1.165) is 38.2 Å². The predicted molar refractivity (Wildman–Crippen MR) is 78.2 cm³/mol. The van der Waals surface area contributed by atoms with Crippen molar-refractivity contribution in [1.82, 2.24) is 4.90 Å². The van der Waals surface area contributed by atoms with Crippen molar-refractivity contribution in [3.63, 3.8) is 0 Å². The highest BCUT2D eigenvalue weighted by molar-refractivity contribution is 7.99. The van der Waals surface area contributed by atoms with Crippen molar-refractivity contribution < 1.29 is 5.11 Å². The summed E-state index contributed by atoms with van der Waals surface area (Å²) in [6.07, 6.45) is 2.05. The van der Waals surface area contributed by atoms with E-state index in [-0.39, 0.29) is 0 Å². The van der Waals surface area contributed by atoms with Gasteiger partial charge in [-0.25, -0.2) is 0 Å². The summed E-state index contributed by atoms with van der Waals surface area (Å²) < 4.78 is 0. The number of rotatable bonds is 4. The second-order valence-corrected chi connectivity index (χ2v) is 6.71. The molecule has 0 bridgehead atoms. The van der Waals surface area contributed by atoms with Gasteiger partial charge in [0.15, 0.2) is 0 Å². The fourth-order valence-electron chi connectivity index (χ4n) is 2.44. The number of nitrogens with zero attached hydrogens (tertiary/aromatic N) is 1. The number of aliphatic hydroxyl groups is 1. The van der Waals surface area contributed by atoms with E-state index in [2.05, 4.69) is 36.1 Å². The molecule has 1 unspecified atom stereocenters. The third-order valence-corrected chi connectivity index (χ3v) is 4.44. The summed E-state index contributed by atoms with van der Waals surface area (Å²) >= 11 is 1.90. The summed E-state index contributed by atoms with van der Waals surface area (Å²) in [6, 6.07) is 8.70. The van der Waals surface area contributed by atoms with Crippen molar-refractivity contribution in [2.75, 3.05) is 25.4 Å². The maximum Gasteiger partial charge on any atom is 0.0746 e. The smallest absolute Gasteiger partial charge is 0.0746 e. The maximum absolute atomic E-state index is 10.0. The van der Waals surface area contributed by atoms with E-state index in [1.807, 2.05) is 18.7 Å². The lowest BCUT2D eigenvalue weighted by Gasteiger charge is -2.36. The van der Waals surface area contributed by atoms with Crippen LogP contribution in [0.2, 0.25) is 0 Å². The molecule has 1 heterocycles. The van der Waals surface area contributed by atoms with Gasteiger partial charge in [-0.3, -0.25) is 4.90 Å². The van der Waals surface area contributed by atoms with Crippen molar-refractivity contribution in [1.29, 1.82) is 0 Å². The normalized spacial score (nSPS) is 25.3. The minimum Gasteiger partial charge on any atom is -0.389 e. The largest absolute Gasteiger partial charge is 0.389 e. The Bertz CT molecular complexity index is 375. The van der Waals surface area contributed by atoms with E-state index in [1.165, 1.54) is 10.5 Å². The van der Waals surface area contributed by atoms with Gasteiger partial charge in [0.2, 0.25) is 0 Å². The number of piperidine rings is 1. The Morgan fingerprint density at radius 3 is 2.72 bits per heavy atom. The number of thioether (sulfide) groups is 1. The van der Waals surface area contributed by atoms with Crippen LogP contribution in [-0.2, 0) is 0 Å². The zero-order chi connectivity index (χ0) is 13.0. The van der Waals surface area contributed by atoms with Crippen LogP contribution in [0, 0.1) is 6.92 Å². The van der Waals surface area contributed by atoms with E-state index in [9.17, 15) is 5.11 Å². The fraction of sp³-hybridized carbons (Fsp3) is 0.600. The molecule has 1 saturated heterocycles. The van der Waals surface area contributed by atoms with Crippen LogP contribution >= 0.6 is 11.8 Å². The molecule has 1 fully saturated rings. The first-order valence-corrected chi connectivity index (χ1v) is 7.68. The molecule has 0 saturated carbocycles. The van der Waals surface area contributed by atoms with Crippen LogP contribution in [0.5, 0.6) is 0 Å². The molecule has 100 valence electrons. The average molecular weight is 265 g/mol. The number of hydrogen-bond acceptors (Lipinski definition) is 3. The molecule has 0 amide bonds. The molecular weight excluding hydrogens is 242 g/mol. The van der Waals surface area contributed by atoms with Gasteiger partial charge in [-0.1, -0.05) is 17.7 Å². The van der Waals surface area contributed by atoms with Gasteiger partial charge >= 0.3 is 0 Å². The van der Waals surface area contributed by atoms with Gasteiger partial charge in [0.1, 0.15) is 0 Å². The summed E-state index contributed by atoms with van der Waals surface area (Å²) in [4.78, 5) is 3.72. The van der Waals surface area contributed by atoms with Gasteiger partial charge in [-0.2, -0.15) is 0 Å². The van der Waals surface area contributed by atoms with E-state index in [0.29, 0.717) is 0 Å². The van der Waals surface area contributed by atoms with Crippen molar-refractivity contribution in [3.05, 3.63) is 29.8 Å². The summed E-state index contributed by atoms with van der Waals surface area (Å²) in [6.45, 7) is 7.08. The molecule has 0 aromatic heterocycles. The summed E-state index contributed by atoms with van der Waals surface area (Å²) in [5, 5.41) is 10.0. The van der Waals surface area contributed by atoms with E-state index in [4.69, 9.17) is 0 Å². The zero-order valence-electron chi connectivity index (χ0n) is 11.4. The van der Waals surface area contributed by atoms with E-state index < -0.39 is 5.60 Å². The third-order valence-electron chi connectivity index (χ3n) is 3.45. The molecule has 0 spiro atoms. The molecule has 1 aliphatic heterocycles. The van der Waals surface area contributed by atoms with Crippen LogP contribution in [0.15, 0.2) is 29.2 Å². The predicted octanol–water partition coefficient (Wildman–Crippen LogP) is 2.93. The highest BCUT2D eigenvalue weighted by atomic mass is 32.2. The molecule has 1 N–H and O–H groups in total. The van der Waals surface area contributed by atoms with E-state index >= 15 is 0 Å². The Kier molecular flexibility index (Phi) is 4.71. The Morgan fingerprint density at radius 1 is 1.33 bits per heavy atom. The fourth-order valence-corrected chi connectivity index (χ4v) is 3.36. The molecule has 3 heteroatoms. The van der Waals surface area contributed by atoms with Gasteiger partial charge in [0, 0.05) is 23.7 Å². The quantitative estimate of drug-likeness (QED) is 0.847. The van der Waals surface area contributed by atoms with Crippen molar-refractivity contribution in [2.24, 2.45) is 0 Å². The topological polar surface area (TPSA) is 23.5 Å². The minimum absolute atomic E-state index is 0.479. The van der Waals surface area contributed by atoms with Crippen molar-refractivity contribution >= 4 is 11.8 Å². The first-order chi connectivity index (χ1) is 8.55. The van der Waals surface area contributed by atoms with E-state index in [1.54, 1.807) is 0 Å². The minimum atomic E-state index is -0.479. The molecule has 0 aliphatic carbocycles. The monoisotopic (exact) mass is 265 g/mol. The lowest BCUT2D eigenvalue weighted by atomic mass is 9.95. The van der Waals surface area contributed by atoms with Gasteiger partial charge in [0.05, 0.1) is 5.60 Å². The highest BCUT2D eigenvalue weighted by Gasteiger charge is 2.27. The second-order valence-electron chi connectivity index (χ2n) is 5.54. The summed E-state index contributed by atoms with van der Waals surface area (Å²) in [5.41, 5.74) is 0.832. The Hall–Kier alpha value is -0.510. The molecule has 0 radical (unpaired) electrons.